The minimum Gasteiger partial charge on any atom is -0.543 e. The van der Waals surface area contributed by atoms with E-state index in [0.717, 1.165) is 14.0 Å². The molecule has 0 amide bonds. The van der Waals surface area contributed by atoms with E-state index in [1.165, 1.54) is 17.7 Å². The van der Waals surface area contributed by atoms with Crippen molar-refractivity contribution in [1.82, 2.24) is 19.9 Å². The quantitative estimate of drug-likeness (QED) is 0.0673. The zero-order valence-electron chi connectivity index (χ0n) is 36.0. The van der Waals surface area contributed by atoms with E-state index >= 15 is 0 Å². The summed E-state index contributed by atoms with van der Waals surface area (Å²) < 4.78 is 32.4. The summed E-state index contributed by atoms with van der Waals surface area (Å²) in [7, 11) is -0.680. The Balaban J connectivity index is 1.44. The molecule has 3 aromatic heterocycles. The van der Waals surface area contributed by atoms with Crippen molar-refractivity contribution in [3.8, 4) is 51.4 Å². The molecule has 0 aliphatic heterocycles. The minimum absolute atomic E-state index is 0.0200. The molecule has 0 radical (unpaired) electrons. The molecule has 3 aromatic carbocycles. The summed E-state index contributed by atoms with van der Waals surface area (Å²) in [5.41, 5.74) is 3.86. The van der Waals surface area contributed by atoms with Crippen LogP contribution in [0.15, 0.2) is 61.1 Å². The number of phenolic OH excluding ortho intramolecular Hbond substituents is 1. The van der Waals surface area contributed by atoms with Crippen LogP contribution in [0.4, 0.5) is 0 Å². The summed E-state index contributed by atoms with van der Waals surface area (Å²) in [5, 5.41) is 11.4. The molecular weight excluding hydrogens is 966 g/mol. The van der Waals surface area contributed by atoms with Crippen molar-refractivity contribution in [2.24, 2.45) is 0 Å². The summed E-state index contributed by atoms with van der Waals surface area (Å²) in [5.74, 6) is 1.65. The van der Waals surface area contributed by atoms with Gasteiger partial charge in [-0.2, -0.15) is 0 Å². The maximum atomic E-state index is 14.3. The van der Waals surface area contributed by atoms with Crippen LogP contribution >= 0.6 is 57.1 Å². The number of para-hydroxylation sites is 1. The molecule has 11 nitrogen and oxygen atoms in total. The minimum atomic E-state index is -2.29. The van der Waals surface area contributed by atoms with Crippen molar-refractivity contribution < 1.29 is 33.3 Å². The number of nitrogens with zero attached hydrogens (tertiary/aromatic N) is 4. The Morgan fingerprint density at radius 1 is 0.934 bits per heavy atom. The van der Waals surface area contributed by atoms with Crippen molar-refractivity contribution in [3.05, 3.63) is 96.4 Å². The molecule has 16 heteroatoms. The van der Waals surface area contributed by atoms with E-state index in [1.54, 1.807) is 40.1 Å². The second kappa shape index (κ2) is 18.2. The molecule has 0 bridgehead atoms. The molecule has 3 heterocycles. The van der Waals surface area contributed by atoms with Gasteiger partial charge in [-0.1, -0.05) is 56.1 Å². The molecule has 6 aromatic rings. The summed E-state index contributed by atoms with van der Waals surface area (Å²) in [6.07, 6.45) is 1.90. The first kappa shape index (κ1) is 46.3. The highest BCUT2D eigenvalue weighted by molar-refractivity contribution is 14.1. The van der Waals surface area contributed by atoms with Gasteiger partial charge in [0.25, 0.3) is 0 Å². The second-order valence-electron chi connectivity index (χ2n) is 17.0. The van der Waals surface area contributed by atoms with E-state index in [9.17, 15) is 9.90 Å². The van der Waals surface area contributed by atoms with Crippen LogP contribution in [0.2, 0.25) is 28.2 Å². The summed E-state index contributed by atoms with van der Waals surface area (Å²) in [6, 6.07) is 15.0. The summed E-state index contributed by atoms with van der Waals surface area (Å²) in [4.78, 5) is 33.4. The molecule has 0 saturated carbocycles. The smallest absolute Gasteiger partial charge is 0.348 e. The number of benzene rings is 3. The van der Waals surface area contributed by atoms with E-state index in [1.807, 2.05) is 56.3 Å². The van der Waals surface area contributed by atoms with E-state index in [4.69, 9.17) is 51.6 Å². The SMILES string of the molecule is COc1ccccc1-c1nccc(COc2ccc(O[Si](C)(C)C(C)(C)C)cc2C[C@@H](Oc2ncnc3sc(I)c(-c4c(C)c(Cl)c(O)c(Cl)c4C)c23)C(=O)OC(C)(C)C)n1. The van der Waals surface area contributed by atoms with Crippen LogP contribution in [0.1, 0.15) is 63.9 Å². The van der Waals surface area contributed by atoms with E-state index < -0.39 is 26.0 Å². The number of carbonyl (C=O) groups is 1. The number of aromatic hydroxyl groups is 1. The maximum absolute atomic E-state index is 14.3. The van der Waals surface area contributed by atoms with Crippen LogP contribution < -0.4 is 18.6 Å². The van der Waals surface area contributed by atoms with Gasteiger partial charge in [-0.3, -0.25) is 0 Å². The van der Waals surface area contributed by atoms with Crippen LogP contribution in [0, 0.1) is 16.7 Å². The highest BCUT2D eigenvalue weighted by atomic mass is 127. The average Bonchev–Trinajstić information content (AvgIpc) is 3.53. The number of phenols is 1. The summed E-state index contributed by atoms with van der Waals surface area (Å²) in [6.45, 7) is 20.0. The average molecular weight is 1020 g/mol. The lowest BCUT2D eigenvalue weighted by Gasteiger charge is -2.36. The molecule has 0 saturated heterocycles. The van der Waals surface area contributed by atoms with Crippen LogP contribution in [0.3, 0.4) is 0 Å². The molecule has 0 fully saturated rings. The zero-order valence-corrected chi connectivity index (χ0v) is 41.5. The number of thiophene rings is 1. The third kappa shape index (κ3) is 10.2. The van der Waals surface area contributed by atoms with Crippen LogP contribution in [0.25, 0.3) is 32.7 Å². The van der Waals surface area contributed by atoms with Crippen LogP contribution in [-0.2, 0) is 22.6 Å². The van der Waals surface area contributed by atoms with Gasteiger partial charge in [-0.15, -0.1) is 11.3 Å². The van der Waals surface area contributed by atoms with Gasteiger partial charge < -0.3 is 28.5 Å². The molecule has 1 atom stereocenters. The topological polar surface area (TPSA) is 135 Å². The number of rotatable bonds is 13. The monoisotopic (exact) mass is 1010 g/mol. The van der Waals surface area contributed by atoms with Gasteiger partial charge in [0.05, 0.1) is 36.7 Å². The fourth-order valence-electron chi connectivity index (χ4n) is 6.35. The number of fused-ring (bicyclic) bond motifs is 1. The van der Waals surface area contributed by atoms with Crippen molar-refractivity contribution in [3.63, 3.8) is 0 Å². The fraction of sp³-hybridized carbons (Fsp3) is 0.356. The van der Waals surface area contributed by atoms with Crippen LogP contribution in [0.5, 0.6) is 28.9 Å². The number of hydrogen-bond acceptors (Lipinski definition) is 12. The number of aromatic nitrogens is 4. The molecule has 6 rings (SSSR count). The molecule has 0 aliphatic carbocycles. The molecule has 61 heavy (non-hydrogen) atoms. The molecule has 0 unspecified atom stereocenters. The predicted octanol–water partition coefficient (Wildman–Crippen LogP) is 12.4. The third-order valence-electron chi connectivity index (χ3n) is 10.5. The third-order valence-corrected chi connectivity index (χ3v) is 17.8. The Morgan fingerprint density at radius 3 is 2.28 bits per heavy atom. The Morgan fingerprint density at radius 2 is 1.62 bits per heavy atom. The van der Waals surface area contributed by atoms with Crippen molar-refractivity contribution in [2.45, 2.75) is 98.3 Å². The van der Waals surface area contributed by atoms with Gasteiger partial charge in [0.2, 0.25) is 20.3 Å². The first-order valence-electron chi connectivity index (χ1n) is 19.5. The molecule has 1 N–H and O–H groups in total. The number of esters is 1. The second-order valence-corrected chi connectivity index (χ2v) is 25.3. The molecule has 322 valence electrons. The largest absolute Gasteiger partial charge is 0.543 e. The Kier molecular flexibility index (Phi) is 13.8. The first-order chi connectivity index (χ1) is 28.6. The molecular formula is C45H49Cl2IN4O7SSi. The van der Waals surface area contributed by atoms with Crippen molar-refractivity contribution in [1.29, 1.82) is 0 Å². The highest BCUT2D eigenvalue weighted by Crippen LogP contribution is 2.50. The number of hydrogen-bond donors (Lipinski definition) is 1. The number of halogens is 3. The lowest BCUT2D eigenvalue weighted by atomic mass is 9.95. The number of methoxy groups -OCH3 is 1. The van der Waals surface area contributed by atoms with Gasteiger partial charge in [0, 0.05) is 23.7 Å². The Bertz CT molecular complexity index is 2580. The van der Waals surface area contributed by atoms with E-state index in [0.29, 0.717) is 61.2 Å². The maximum Gasteiger partial charge on any atom is 0.348 e. The van der Waals surface area contributed by atoms with Crippen molar-refractivity contribution in [2.75, 3.05) is 7.11 Å². The Labute approximate surface area is 385 Å². The van der Waals surface area contributed by atoms with Gasteiger partial charge in [-0.05, 0) is 128 Å². The van der Waals surface area contributed by atoms with Gasteiger partial charge in [-0.25, -0.2) is 24.7 Å². The lowest BCUT2D eigenvalue weighted by Crippen LogP contribution is -2.43. The molecule has 0 aliphatic rings. The van der Waals surface area contributed by atoms with E-state index in [2.05, 4.69) is 71.4 Å². The van der Waals surface area contributed by atoms with Gasteiger partial charge in [0.15, 0.2) is 11.6 Å². The zero-order chi connectivity index (χ0) is 44.6. The normalized spacial score (nSPS) is 12.6. The van der Waals surface area contributed by atoms with Crippen LogP contribution in [-0.4, -0.2) is 58.1 Å². The standard InChI is InChI=1S/C45H49Cl2IN4O7SSi/c1-24-33(25(2)37(47)38(53)36(24)46)34-35-41(50-23-51-42(35)60-39(34)48)57-32(43(54)58-44(3,4)5)21-26-20-28(59-61(10,11)45(6,7)8)16-17-30(26)56-22-27-18-19-49-40(52-27)29-14-12-13-15-31(29)55-9/h12-20,23,32,53H,21-22H2,1-11H3/t32-/m1/s1. The summed E-state index contributed by atoms with van der Waals surface area (Å²) >= 11 is 16.9. The predicted molar refractivity (Wildman–Crippen MR) is 253 cm³/mol. The van der Waals surface area contributed by atoms with Gasteiger partial charge >= 0.3 is 5.97 Å². The van der Waals surface area contributed by atoms with Crippen molar-refractivity contribution >= 4 is 81.6 Å². The lowest BCUT2D eigenvalue weighted by molar-refractivity contribution is -0.163. The number of ether oxygens (including phenoxy) is 4. The number of carbonyl (C=O) groups excluding carboxylic acids is 1. The fourth-order valence-corrected chi connectivity index (χ4v) is 9.83. The molecule has 0 spiro atoms. The van der Waals surface area contributed by atoms with E-state index in [-0.39, 0.29) is 39.7 Å². The van der Waals surface area contributed by atoms with Gasteiger partial charge in [0.1, 0.15) is 40.6 Å². The highest BCUT2D eigenvalue weighted by Gasteiger charge is 2.39. The first-order valence-corrected chi connectivity index (χ1v) is 25.1. The Hall–Kier alpha value is -4.22.